The predicted octanol–water partition coefficient (Wildman–Crippen LogP) is 4.28. The van der Waals surface area contributed by atoms with Gasteiger partial charge in [0.25, 0.3) is 0 Å². The van der Waals surface area contributed by atoms with Crippen LogP contribution in [0.15, 0.2) is 64.6 Å². The molecule has 2 N–H and O–H groups in total. The molecule has 0 bridgehead atoms. The lowest BCUT2D eigenvalue weighted by Crippen LogP contribution is -2.20. The second-order valence-electron chi connectivity index (χ2n) is 7.38. The van der Waals surface area contributed by atoms with Gasteiger partial charge >= 0.3 is 5.97 Å². The number of hydrogen-bond acceptors (Lipinski definition) is 9. The molecule has 1 aromatic heterocycles. The molecule has 0 fully saturated rings. The van der Waals surface area contributed by atoms with E-state index in [1.165, 1.54) is 32.6 Å². The van der Waals surface area contributed by atoms with Crippen molar-refractivity contribution in [2.24, 2.45) is 10.3 Å². The molecule has 0 radical (unpaired) electrons. The summed E-state index contributed by atoms with van der Waals surface area (Å²) in [5.74, 6) is 0.0234. The zero-order valence-electron chi connectivity index (χ0n) is 18.8. The first-order valence-electron chi connectivity index (χ1n) is 10.1. The molecule has 1 aliphatic carbocycles. The summed E-state index contributed by atoms with van der Waals surface area (Å²) in [5.41, 5.74) is 2.79. The Kier molecular flexibility index (Phi) is 7.45. The molecule has 9 nitrogen and oxygen atoms in total. The van der Waals surface area contributed by atoms with Crippen molar-refractivity contribution in [3.05, 3.63) is 76.6 Å². The van der Waals surface area contributed by atoms with E-state index in [2.05, 4.69) is 15.3 Å². The zero-order chi connectivity index (χ0) is 24.0. The Balaban J connectivity index is 2.21. The van der Waals surface area contributed by atoms with E-state index < -0.39 is 12.1 Å². The first-order chi connectivity index (χ1) is 15.9. The van der Waals surface area contributed by atoms with Gasteiger partial charge in [-0.3, -0.25) is 0 Å². The number of ether oxygens (including phenoxy) is 3. The molecule has 3 rings (SSSR count). The average Bonchev–Trinajstić information content (AvgIpc) is 2.84. The first kappa shape index (κ1) is 23.5. The number of methoxy groups -OCH3 is 2. The van der Waals surface area contributed by atoms with Gasteiger partial charge in [0, 0.05) is 18.2 Å². The molecule has 1 atom stereocenters. The lowest BCUT2D eigenvalue weighted by Gasteiger charge is -2.25. The lowest BCUT2D eigenvalue weighted by atomic mass is 9.88. The van der Waals surface area contributed by atoms with E-state index in [1.54, 1.807) is 24.3 Å². The predicted molar refractivity (Wildman–Crippen MR) is 122 cm³/mol. The van der Waals surface area contributed by atoms with Crippen LogP contribution in [0.4, 0.5) is 0 Å². The van der Waals surface area contributed by atoms with Crippen LogP contribution in [0.1, 0.15) is 53.6 Å². The molecule has 0 saturated heterocycles. The highest BCUT2D eigenvalue weighted by Crippen LogP contribution is 2.42. The van der Waals surface area contributed by atoms with Crippen molar-refractivity contribution >= 4 is 17.4 Å². The van der Waals surface area contributed by atoms with Gasteiger partial charge in [-0.25, -0.2) is 9.78 Å². The number of fused-ring (bicyclic) bond motifs is 1. The fraction of sp³-hybridized carbons (Fsp3) is 0.250. The quantitative estimate of drug-likeness (QED) is 0.279. The maximum absolute atomic E-state index is 12.8. The Hall–Kier alpha value is -4.14. The molecule has 33 heavy (non-hydrogen) atoms. The van der Waals surface area contributed by atoms with Gasteiger partial charge in [-0.05, 0) is 44.2 Å². The van der Waals surface area contributed by atoms with Gasteiger partial charge in [0.05, 0.1) is 25.3 Å². The summed E-state index contributed by atoms with van der Waals surface area (Å²) in [6, 6.07) is 6.63. The average molecular weight is 451 g/mol. The highest BCUT2D eigenvalue weighted by atomic mass is 16.5. The Morgan fingerprint density at radius 1 is 1.09 bits per heavy atom. The molecular weight excluding hydrogens is 426 g/mol. The molecule has 1 heterocycles. The summed E-state index contributed by atoms with van der Waals surface area (Å²) in [6.45, 7) is 3.88. The van der Waals surface area contributed by atoms with Crippen LogP contribution in [-0.4, -0.2) is 47.0 Å². The smallest absolute Gasteiger partial charge is 0.357 e. The van der Waals surface area contributed by atoms with Gasteiger partial charge in [0.1, 0.15) is 34.7 Å². The number of pyridine rings is 1. The molecule has 9 heteroatoms. The number of aromatic nitrogens is 1. The maximum Gasteiger partial charge on any atom is 0.357 e. The summed E-state index contributed by atoms with van der Waals surface area (Å²) in [6.07, 6.45) is 5.99. The Bertz CT molecular complexity index is 1150. The fourth-order valence-electron chi connectivity index (χ4n) is 3.52. The second-order valence-corrected chi connectivity index (χ2v) is 7.38. The van der Waals surface area contributed by atoms with E-state index in [9.17, 15) is 15.2 Å². The number of nitrogens with zero attached hydrogens (tertiary/aromatic N) is 3. The van der Waals surface area contributed by atoms with Gasteiger partial charge in [0.15, 0.2) is 0 Å². The normalized spacial score (nSPS) is 15.6. The van der Waals surface area contributed by atoms with Crippen LogP contribution in [0, 0.1) is 0 Å². The standard InChI is InChI=1S/C24H25N3O6/c1-14(2)8-11-19(33-24(28)18-7-5-6-12-25-18)15-13-20(31-3)21-16(26-29)9-10-17(27-30)22(21)23(15)32-4/h5-10,12-13,19,29-30H,11H2,1-4H3/b26-16+,27-17+/t19-/m1/s1. The number of benzene rings is 1. The molecule has 0 unspecified atom stereocenters. The summed E-state index contributed by atoms with van der Waals surface area (Å²) >= 11 is 0. The molecule has 0 aliphatic heterocycles. The molecule has 172 valence electrons. The van der Waals surface area contributed by atoms with Crippen molar-refractivity contribution in [2.45, 2.75) is 26.4 Å². The van der Waals surface area contributed by atoms with E-state index in [-0.39, 0.29) is 17.1 Å². The van der Waals surface area contributed by atoms with E-state index in [4.69, 9.17) is 14.2 Å². The number of hydrogen-bond donors (Lipinski definition) is 2. The third-order valence-corrected chi connectivity index (χ3v) is 5.03. The fourth-order valence-corrected chi connectivity index (χ4v) is 3.52. The SMILES string of the molecule is COc1cc([C@@H](CC=C(C)C)OC(=O)c2ccccn2)c(OC)c2c1/C(=N/O)C=C/C2=N\O. The van der Waals surface area contributed by atoms with Crippen LogP contribution >= 0.6 is 0 Å². The maximum atomic E-state index is 12.8. The van der Waals surface area contributed by atoms with E-state index >= 15 is 0 Å². The van der Waals surface area contributed by atoms with Crippen molar-refractivity contribution in [2.75, 3.05) is 14.2 Å². The first-order valence-corrected chi connectivity index (χ1v) is 10.1. The van der Waals surface area contributed by atoms with Crippen molar-refractivity contribution in [1.29, 1.82) is 0 Å². The topological polar surface area (TPSA) is 123 Å². The molecule has 0 saturated carbocycles. The highest BCUT2D eigenvalue weighted by Gasteiger charge is 2.32. The van der Waals surface area contributed by atoms with Crippen LogP contribution in [0.3, 0.4) is 0 Å². The van der Waals surface area contributed by atoms with Crippen LogP contribution in [0.5, 0.6) is 11.5 Å². The summed E-state index contributed by atoms with van der Waals surface area (Å²) in [7, 11) is 2.91. The lowest BCUT2D eigenvalue weighted by molar-refractivity contribution is 0.0290. The third-order valence-electron chi connectivity index (χ3n) is 5.03. The van der Waals surface area contributed by atoms with Gasteiger partial charge in [-0.15, -0.1) is 0 Å². The number of carbonyl (C=O) groups excluding carboxylic acids is 1. The minimum atomic E-state index is -0.774. The number of carbonyl (C=O) groups is 1. The number of rotatable bonds is 7. The molecule has 1 aliphatic rings. The molecule has 1 aromatic carbocycles. The van der Waals surface area contributed by atoms with Gasteiger partial charge in [-0.2, -0.15) is 0 Å². The minimum Gasteiger partial charge on any atom is -0.496 e. The monoisotopic (exact) mass is 451 g/mol. The Morgan fingerprint density at radius 3 is 2.33 bits per heavy atom. The molecular formula is C24H25N3O6. The van der Waals surface area contributed by atoms with Crippen molar-refractivity contribution in [1.82, 2.24) is 4.98 Å². The van der Waals surface area contributed by atoms with Crippen LogP contribution < -0.4 is 9.47 Å². The molecule has 2 aromatic rings. The highest BCUT2D eigenvalue weighted by molar-refractivity contribution is 6.27. The van der Waals surface area contributed by atoms with Crippen LogP contribution in [0.2, 0.25) is 0 Å². The summed E-state index contributed by atoms with van der Waals surface area (Å²) < 4.78 is 17.1. The van der Waals surface area contributed by atoms with E-state index in [1.807, 2.05) is 19.9 Å². The van der Waals surface area contributed by atoms with Crippen molar-refractivity contribution in [3.8, 4) is 11.5 Å². The Labute approximate surface area is 191 Å². The van der Waals surface area contributed by atoms with Gasteiger partial charge in [-0.1, -0.05) is 28.0 Å². The largest absolute Gasteiger partial charge is 0.496 e. The number of esters is 1. The van der Waals surface area contributed by atoms with Gasteiger partial charge in [0.2, 0.25) is 0 Å². The van der Waals surface area contributed by atoms with Crippen molar-refractivity contribution in [3.63, 3.8) is 0 Å². The zero-order valence-corrected chi connectivity index (χ0v) is 18.8. The molecule has 0 amide bonds. The summed E-state index contributed by atoms with van der Waals surface area (Å²) in [4.78, 5) is 16.9. The van der Waals surface area contributed by atoms with Gasteiger partial charge < -0.3 is 24.6 Å². The number of allylic oxidation sites excluding steroid dienone is 3. The molecule has 0 spiro atoms. The van der Waals surface area contributed by atoms with Crippen LogP contribution in [0.25, 0.3) is 0 Å². The van der Waals surface area contributed by atoms with E-state index in [0.29, 0.717) is 34.6 Å². The summed E-state index contributed by atoms with van der Waals surface area (Å²) in [5, 5.41) is 25.8. The second kappa shape index (κ2) is 10.4. The minimum absolute atomic E-state index is 0.166. The van der Waals surface area contributed by atoms with Crippen molar-refractivity contribution < 1.29 is 29.4 Å². The Morgan fingerprint density at radius 2 is 1.79 bits per heavy atom. The third kappa shape index (κ3) is 4.87. The number of oxime groups is 2. The van der Waals surface area contributed by atoms with E-state index in [0.717, 1.165) is 5.57 Å². The van der Waals surface area contributed by atoms with Crippen LogP contribution in [-0.2, 0) is 4.74 Å².